The van der Waals surface area contributed by atoms with Crippen LogP contribution in [-0.2, 0) is 4.74 Å². The predicted octanol–water partition coefficient (Wildman–Crippen LogP) is 3.01. The van der Waals surface area contributed by atoms with Gasteiger partial charge in [0.05, 0.1) is 0 Å². The lowest BCUT2D eigenvalue weighted by Gasteiger charge is -2.24. The lowest BCUT2D eigenvalue weighted by atomic mass is 10.1. The van der Waals surface area contributed by atoms with Gasteiger partial charge in [0.1, 0.15) is 0 Å². The maximum Gasteiger partial charge on any atom is 0.0485 e. The SMILES string of the molecule is CC.Cc1cc(NC2CCOCC2)ccn1. The molecule has 0 bridgehead atoms. The van der Waals surface area contributed by atoms with Crippen LogP contribution in [0.1, 0.15) is 32.4 Å². The molecule has 0 spiro atoms. The van der Waals surface area contributed by atoms with E-state index in [1.54, 1.807) is 0 Å². The summed E-state index contributed by atoms with van der Waals surface area (Å²) in [6.07, 6.45) is 4.04. The first-order valence-corrected chi connectivity index (χ1v) is 6.11. The van der Waals surface area contributed by atoms with Gasteiger partial charge >= 0.3 is 0 Å². The minimum atomic E-state index is 0.561. The van der Waals surface area contributed by atoms with Crippen molar-refractivity contribution in [2.24, 2.45) is 0 Å². The highest BCUT2D eigenvalue weighted by Gasteiger charge is 2.12. The van der Waals surface area contributed by atoms with Crippen LogP contribution >= 0.6 is 0 Å². The van der Waals surface area contributed by atoms with Crippen molar-refractivity contribution < 1.29 is 4.74 Å². The van der Waals surface area contributed by atoms with Crippen LogP contribution in [0.4, 0.5) is 5.69 Å². The molecule has 1 aromatic rings. The summed E-state index contributed by atoms with van der Waals surface area (Å²) in [4.78, 5) is 4.17. The van der Waals surface area contributed by atoms with Crippen molar-refractivity contribution in [3.05, 3.63) is 24.0 Å². The third kappa shape index (κ3) is 4.19. The summed E-state index contributed by atoms with van der Waals surface area (Å²) in [5.74, 6) is 0. The molecule has 3 heteroatoms. The van der Waals surface area contributed by atoms with E-state index in [9.17, 15) is 0 Å². The third-order valence-electron chi connectivity index (χ3n) is 2.49. The number of rotatable bonds is 2. The first kappa shape index (κ1) is 13.0. The summed E-state index contributed by atoms with van der Waals surface area (Å²) in [5, 5.41) is 3.50. The zero-order valence-electron chi connectivity index (χ0n) is 10.5. The van der Waals surface area contributed by atoms with Gasteiger partial charge < -0.3 is 10.1 Å². The molecule has 1 N–H and O–H groups in total. The van der Waals surface area contributed by atoms with Gasteiger partial charge in [0.15, 0.2) is 0 Å². The second-order valence-corrected chi connectivity index (χ2v) is 3.72. The zero-order chi connectivity index (χ0) is 11.8. The molecule has 1 aliphatic heterocycles. The van der Waals surface area contributed by atoms with Gasteiger partial charge in [0, 0.05) is 36.8 Å². The molecule has 0 amide bonds. The highest BCUT2D eigenvalue weighted by Crippen LogP contribution is 2.14. The van der Waals surface area contributed by atoms with Gasteiger partial charge in [-0.1, -0.05) is 13.8 Å². The molecule has 1 fully saturated rings. The Bertz CT molecular complexity index is 296. The van der Waals surface area contributed by atoms with Crippen LogP contribution in [0.15, 0.2) is 18.3 Å². The van der Waals surface area contributed by atoms with Crippen molar-refractivity contribution in [3.63, 3.8) is 0 Å². The number of nitrogens with zero attached hydrogens (tertiary/aromatic N) is 1. The fourth-order valence-electron chi connectivity index (χ4n) is 1.71. The van der Waals surface area contributed by atoms with Crippen LogP contribution in [0.25, 0.3) is 0 Å². The highest BCUT2D eigenvalue weighted by atomic mass is 16.5. The smallest absolute Gasteiger partial charge is 0.0485 e. The molecule has 2 rings (SSSR count). The average molecular weight is 222 g/mol. The summed E-state index contributed by atoms with van der Waals surface area (Å²) < 4.78 is 5.31. The molecule has 90 valence electrons. The van der Waals surface area contributed by atoms with Crippen molar-refractivity contribution in [2.45, 2.75) is 39.7 Å². The van der Waals surface area contributed by atoms with Gasteiger partial charge in [0.25, 0.3) is 0 Å². The molecule has 0 aliphatic carbocycles. The van der Waals surface area contributed by atoms with E-state index in [-0.39, 0.29) is 0 Å². The van der Waals surface area contributed by atoms with Crippen LogP contribution < -0.4 is 5.32 Å². The Balaban J connectivity index is 0.000000606. The van der Waals surface area contributed by atoms with E-state index in [0.29, 0.717) is 6.04 Å². The molecule has 0 aromatic carbocycles. The molecular formula is C13H22N2O. The maximum atomic E-state index is 5.31. The molecule has 0 unspecified atom stereocenters. The number of nitrogens with one attached hydrogen (secondary N) is 1. The number of aromatic nitrogens is 1. The first-order chi connectivity index (χ1) is 7.84. The standard InChI is InChI=1S/C11H16N2O.C2H6/c1-9-8-11(2-5-12-9)13-10-3-6-14-7-4-10;1-2/h2,5,8,10H,3-4,6-7H2,1H3,(H,12,13);1-2H3. The van der Waals surface area contributed by atoms with E-state index in [4.69, 9.17) is 4.74 Å². The Morgan fingerprint density at radius 2 is 2.00 bits per heavy atom. The van der Waals surface area contributed by atoms with E-state index in [2.05, 4.69) is 16.4 Å². The highest BCUT2D eigenvalue weighted by molar-refractivity contribution is 5.43. The summed E-state index contributed by atoms with van der Waals surface area (Å²) in [6, 6.07) is 4.66. The fourth-order valence-corrected chi connectivity index (χ4v) is 1.71. The van der Waals surface area contributed by atoms with Gasteiger partial charge in [-0.15, -0.1) is 0 Å². The maximum absolute atomic E-state index is 5.31. The number of anilines is 1. The molecule has 16 heavy (non-hydrogen) atoms. The van der Waals surface area contributed by atoms with Crippen LogP contribution in [-0.4, -0.2) is 24.2 Å². The number of hydrogen-bond donors (Lipinski definition) is 1. The molecule has 2 heterocycles. The minimum Gasteiger partial charge on any atom is -0.382 e. The van der Waals surface area contributed by atoms with Crippen molar-refractivity contribution in [2.75, 3.05) is 18.5 Å². The Hall–Kier alpha value is -1.09. The Kier molecular flexibility index (Phi) is 5.86. The summed E-state index contributed by atoms with van der Waals surface area (Å²) in [6.45, 7) is 7.76. The molecular weight excluding hydrogens is 200 g/mol. The second kappa shape index (κ2) is 7.23. The van der Waals surface area contributed by atoms with Gasteiger partial charge in [-0.3, -0.25) is 4.98 Å². The Morgan fingerprint density at radius 1 is 1.31 bits per heavy atom. The number of aryl methyl sites for hydroxylation is 1. The molecule has 1 aliphatic rings. The zero-order valence-corrected chi connectivity index (χ0v) is 10.5. The van der Waals surface area contributed by atoms with Crippen LogP contribution in [0, 0.1) is 6.92 Å². The van der Waals surface area contributed by atoms with E-state index >= 15 is 0 Å². The van der Waals surface area contributed by atoms with Gasteiger partial charge in [-0.05, 0) is 31.9 Å². The number of hydrogen-bond acceptors (Lipinski definition) is 3. The number of pyridine rings is 1. The Labute approximate surface area is 98.2 Å². The third-order valence-corrected chi connectivity index (χ3v) is 2.49. The van der Waals surface area contributed by atoms with Gasteiger partial charge in [0.2, 0.25) is 0 Å². The Morgan fingerprint density at radius 3 is 2.62 bits per heavy atom. The van der Waals surface area contributed by atoms with E-state index in [0.717, 1.165) is 31.7 Å². The van der Waals surface area contributed by atoms with Crippen molar-refractivity contribution >= 4 is 5.69 Å². The lowest BCUT2D eigenvalue weighted by molar-refractivity contribution is 0.0904. The van der Waals surface area contributed by atoms with Crippen molar-refractivity contribution in [3.8, 4) is 0 Å². The molecule has 0 radical (unpaired) electrons. The molecule has 0 atom stereocenters. The van der Waals surface area contributed by atoms with Crippen molar-refractivity contribution in [1.29, 1.82) is 0 Å². The van der Waals surface area contributed by atoms with E-state index in [1.165, 1.54) is 5.69 Å². The van der Waals surface area contributed by atoms with E-state index < -0.39 is 0 Å². The summed E-state index contributed by atoms with van der Waals surface area (Å²) in [5.41, 5.74) is 2.23. The predicted molar refractivity (Wildman–Crippen MR) is 67.8 cm³/mol. The summed E-state index contributed by atoms with van der Waals surface area (Å²) >= 11 is 0. The largest absolute Gasteiger partial charge is 0.382 e. The van der Waals surface area contributed by atoms with Crippen LogP contribution in [0.5, 0.6) is 0 Å². The minimum absolute atomic E-state index is 0.561. The monoisotopic (exact) mass is 222 g/mol. The first-order valence-electron chi connectivity index (χ1n) is 6.11. The van der Waals surface area contributed by atoms with Gasteiger partial charge in [-0.2, -0.15) is 0 Å². The summed E-state index contributed by atoms with van der Waals surface area (Å²) in [7, 11) is 0. The van der Waals surface area contributed by atoms with Crippen LogP contribution in [0.3, 0.4) is 0 Å². The molecule has 3 nitrogen and oxygen atoms in total. The number of ether oxygens (including phenoxy) is 1. The average Bonchev–Trinajstić information content (AvgIpc) is 2.33. The molecule has 1 aromatic heterocycles. The topological polar surface area (TPSA) is 34.1 Å². The fraction of sp³-hybridized carbons (Fsp3) is 0.615. The van der Waals surface area contributed by atoms with Crippen molar-refractivity contribution in [1.82, 2.24) is 4.98 Å². The second-order valence-electron chi connectivity index (χ2n) is 3.72. The van der Waals surface area contributed by atoms with Gasteiger partial charge in [-0.25, -0.2) is 0 Å². The quantitative estimate of drug-likeness (QED) is 0.835. The molecule has 1 saturated heterocycles. The normalized spacial score (nSPS) is 16.2. The van der Waals surface area contributed by atoms with E-state index in [1.807, 2.05) is 33.0 Å². The van der Waals surface area contributed by atoms with Crippen LogP contribution in [0.2, 0.25) is 0 Å². The lowest BCUT2D eigenvalue weighted by Crippen LogP contribution is -2.27. The molecule has 0 saturated carbocycles.